The molecule has 0 aliphatic carbocycles. The van der Waals surface area contributed by atoms with Gasteiger partial charge in [0.1, 0.15) is 79.3 Å². The summed E-state index contributed by atoms with van der Waals surface area (Å²) in [7, 11) is 0. The number of esters is 12. The number of hydrogen-bond acceptors (Lipinski definition) is 35. The predicted octanol–water partition coefficient (Wildman–Crippen LogP) is 20.8. The van der Waals surface area contributed by atoms with Gasteiger partial charge in [0.05, 0.1) is 73.4 Å². The monoisotopic (exact) mass is 2160 g/mol. The minimum absolute atomic E-state index is 0.0438. The van der Waals surface area contributed by atoms with E-state index in [1.165, 1.54) is 186 Å². The van der Waals surface area contributed by atoms with Crippen molar-refractivity contribution >= 4 is 142 Å². The lowest BCUT2D eigenvalue weighted by Crippen LogP contribution is -2.43. The molecule has 144 heavy (non-hydrogen) atoms. The average Bonchev–Trinajstić information content (AvgIpc) is 0.922. The summed E-state index contributed by atoms with van der Waals surface area (Å²) in [6, 6.07) is 0. The van der Waals surface area contributed by atoms with Gasteiger partial charge in [-0.25, -0.2) is 0 Å². The van der Waals surface area contributed by atoms with E-state index in [0.29, 0.717) is 81.1 Å². The number of nitrogens with one attached hydrogen (secondary N) is 1. The number of hydrogen-bond donors (Lipinski definition) is 1. The summed E-state index contributed by atoms with van der Waals surface area (Å²) >= 11 is 10.2. The van der Waals surface area contributed by atoms with Crippen LogP contribution in [0, 0.1) is 29.6 Å². The molecule has 0 radical (unpaired) electrons. The number of ether oxygens (including phenoxy) is 12. The van der Waals surface area contributed by atoms with Crippen molar-refractivity contribution in [3.8, 4) is 0 Å². The highest BCUT2D eigenvalue weighted by Crippen LogP contribution is 2.23. The van der Waals surface area contributed by atoms with Crippen LogP contribution in [0.1, 0.15) is 353 Å². The Morgan fingerprint density at radius 1 is 0.201 bits per heavy atom. The Balaban J connectivity index is 7.17. The van der Waals surface area contributed by atoms with E-state index in [9.17, 15) is 57.5 Å². The van der Waals surface area contributed by atoms with E-state index >= 15 is 0 Å². The maximum Gasteiger partial charge on any atom is 0.318 e. The van der Waals surface area contributed by atoms with Crippen molar-refractivity contribution in [3.05, 3.63) is 0 Å². The number of carbonyl (C=O) groups excluding carboxylic acids is 12. The standard InChI is InChI=1S/C109H201N5O24S6/c1-13-19-25-31-37-43-81-139-87-92(7)104(121)133-75-69-127-98(115)49-57-111(58-50-99(116)128-70-76-134-105(122)93(8)88-140-82-44-38-32-26-20-14-2)65-67-113(61-53-102(119)131-73-79-137-108(125)96(11)91-143-85-47-41-35-29-23-17-5)63-55-110-56-64-114(62-54-103(120)132-74-80-138-109(126)97(12)144-86-48-42-36-30-24-18-6)68-66-112(59-51-100(117)129-71-77-135-106(123)94(9)89-141-83-45-39-33-27-21-15-3)60-52-101(118)130-72-78-136-107(124)95(10)90-142-84-46-40-34-28-22-16-4/h92-97,110H,13-91H2,1-12H3. The fourth-order valence-corrected chi connectivity index (χ4v) is 21.1. The molecule has 6 unspecified atom stereocenters. The molecule has 0 aromatic carbocycles. The van der Waals surface area contributed by atoms with Crippen LogP contribution in [0.4, 0.5) is 0 Å². The molecule has 0 saturated carbocycles. The molecule has 0 aliphatic rings. The number of carbonyl (C=O) groups is 12. The van der Waals surface area contributed by atoms with E-state index in [1.54, 1.807) is 70.6 Å². The van der Waals surface area contributed by atoms with Crippen LogP contribution in [-0.4, -0.2) is 331 Å². The van der Waals surface area contributed by atoms with Crippen LogP contribution in [0.25, 0.3) is 0 Å². The van der Waals surface area contributed by atoms with Gasteiger partial charge in [0.25, 0.3) is 0 Å². The average molecular weight is 2160 g/mol. The van der Waals surface area contributed by atoms with Crippen molar-refractivity contribution in [2.24, 2.45) is 29.6 Å². The summed E-state index contributed by atoms with van der Waals surface area (Å²) < 4.78 is 66.8. The van der Waals surface area contributed by atoms with Gasteiger partial charge < -0.3 is 81.8 Å². The minimum Gasteiger partial charge on any atom is -0.462 e. The Hall–Kier alpha value is -4.46. The number of nitrogens with zero attached hydrogens (tertiary/aromatic N) is 4. The summed E-state index contributed by atoms with van der Waals surface area (Å²) in [5.41, 5.74) is 0. The Morgan fingerprint density at radius 3 is 0.569 bits per heavy atom. The predicted molar refractivity (Wildman–Crippen MR) is 592 cm³/mol. The molecule has 0 heterocycles. The van der Waals surface area contributed by atoms with Gasteiger partial charge in [-0.3, -0.25) is 57.5 Å². The zero-order valence-electron chi connectivity index (χ0n) is 91.9. The molecular weight excluding hydrogens is 1960 g/mol. The Labute approximate surface area is 897 Å². The lowest BCUT2D eigenvalue weighted by atomic mass is 10.1. The maximum atomic E-state index is 13.7. The van der Waals surface area contributed by atoms with Gasteiger partial charge in [-0.1, -0.05) is 269 Å². The van der Waals surface area contributed by atoms with Crippen LogP contribution in [0.15, 0.2) is 0 Å². The molecule has 1 N–H and O–H groups in total. The molecule has 0 spiro atoms. The Bertz CT molecular complexity index is 2900. The van der Waals surface area contributed by atoms with Crippen molar-refractivity contribution < 1.29 is 114 Å². The summed E-state index contributed by atoms with van der Waals surface area (Å²) in [4.78, 5) is 167. The quantitative estimate of drug-likeness (QED) is 0.0336. The van der Waals surface area contributed by atoms with E-state index < -0.39 is 35.8 Å². The first kappa shape index (κ1) is 140. The van der Waals surface area contributed by atoms with Gasteiger partial charge in [0, 0.05) is 120 Å². The van der Waals surface area contributed by atoms with Gasteiger partial charge >= 0.3 is 71.6 Å². The molecule has 0 aromatic rings. The minimum atomic E-state index is -0.541. The number of thioether (sulfide) groups is 6. The number of rotatable bonds is 107. The molecule has 842 valence electrons. The third-order valence-electron chi connectivity index (χ3n) is 24.3. The second-order valence-corrected chi connectivity index (χ2v) is 45.1. The Kier molecular flexibility index (Phi) is 99.8. The molecule has 0 aliphatic heterocycles. The molecule has 0 amide bonds. The maximum absolute atomic E-state index is 13.7. The summed E-state index contributed by atoms with van der Waals surface area (Å²) in [6.45, 7) is 26.5. The third-order valence-corrected chi connectivity index (χ3v) is 32.1. The second-order valence-electron chi connectivity index (χ2n) is 37.9. The van der Waals surface area contributed by atoms with Crippen molar-refractivity contribution in [1.82, 2.24) is 24.9 Å². The molecule has 6 atom stereocenters. The largest absolute Gasteiger partial charge is 0.462 e. The van der Waals surface area contributed by atoms with Gasteiger partial charge in [-0.2, -0.15) is 58.8 Å². The first-order valence-electron chi connectivity index (χ1n) is 55.9. The van der Waals surface area contributed by atoms with E-state index in [4.69, 9.17) is 56.8 Å². The molecule has 0 rings (SSSR count). The highest BCUT2D eigenvalue weighted by molar-refractivity contribution is 8.00. The summed E-state index contributed by atoms with van der Waals surface area (Å²) in [6.07, 6.45) is 42.2. The first-order chi connectivity index (χ1) is 69.8. The summed E-state index contributed by atoms with van der Waals surface area (Å²) in [5, 5.41) is 3.17. The normalized spacial score (nSPS) is 12.8. The topological polar surface area (TPSA) is 341 Å². The molecule has 0 fully saturated rings. The molecule has 35 heteroatoms. The van der Waals surface area contributed by atoms with Gasteiger partial charge in [0.15, 0.2) is 0 Å². The van der Waals surface area contributed by atoms with Gasteiger partial charge in [-0.15, -0.1) is 11.8 Å². The van der Waals surface area contributed by atoms with Crippen molar-refractivity contribution in [1.29, 1.82) is 0 Å². The summed E-state index contributed by atoms with van der Waals surface area (Å²) in [5.74, 6) is 1.77. The molecule has 0 bridgehead atoms. The van der Waals surface area contributed by atoms with E-state index in [1.807, 2.05) is 51.3 Å². The zero-order valence-corrected chi connectivity index (χ0v) is 96.8. The second kappa shape index (κ2) is 103. The van der Waals surface area contributed by atoms with Crippen LogP contribution in [-0.2, 0) is 114 Å². The Morgan fingerprint density at radius 2 is 0.368 bits per heavy atom. The van der Waals surface area contributed by atoms with Crippen molar-refractivity contribution in [2.75, 3.05) is 234 Å². The van der Waals surface area contributed by atoms with E-state index in [0.717, 1.165) is 79.5 Å². The van der Waals surface area contributed by atoms with Crippen LogP contribution >= 0.6 is 70.6 Å². The van der Waals surface area contributed by atoms with Crippen LogP contribution in [0.5, 0.6) is 0 Å². The molecule has 0 aromatic heterocycles. The number of unbranched alkanes of at least 4 members (excludes halogenated alkanes) is 30. The molecular formula is C109H201N5O24S6. The molecule has 29 nitrogen and oxygen atoms in total. The van der Waals surface area contributed by atoms with Crippen LogP contribution in [0.2, 0.25) is 0 Å². The lowest BCUT2D eigenvalue weighted by molar-refractivity contribution is -0.154. The van der Waals surface area contributed by atoms with Gasteiger partial charge in [-0.05, 0) is 80.0 Å². The SMILES string of the molecule is CCCCCCCCSCC(C)C(=O)OCCOC(=O)CCN(CCNCCN(CCC(=O)OCCOC(=O)C(C)SCCCCCCCC)CCN(CCC(=O)OCCOC(=O)C(C)CSCCCCCCCC)CCC(=O)OCCOC(=O)C(C)CSCCCCCCCC)CCN(CCC(=O)OCCOC(=O)C(C)CSCCCCCCCC)CCC(=O)OCCOC(=O)C(C)CSCCCCCCCC. The van der Waals surface area contributed by atoms with Crippen LogP contribution < -0.4 is 5.32 Å². The third kappa shape index (κ3) is 90.3. The van der Waals surface area contributed by atoms with Crippen molar-refractivity contribution in [2.45, 2.75) is 358 Å². The fourth-order valence-electron chi connectivity index (χ4n) is 14.8. The van der Waals surface area contributed by atoms with Crippen molar-refractivity contribution in [3.63, 3.8) is 0 Å². The zero-order chi connectivity index (χ0) is 106. The highest BCUT2D eigenvalue weighted by atomic mass is 32.2. The van der Waals surface area contributed by atoms with Crippen LogP contribution in [0.3, 0.4) is 0 Å². The van der Waals surface area contributed by atoms with Gasteiger partial charge in [0.2, 0.25) is 0 Å². The van der Waals surface area contributed by atoms with E-state index in [-0.39, 0.29) is 228 Å². The smallest absolute Gasteiger partial charge is 0.318 e. The van der Waals surface area contributed by atoms with E-state index in [2.05, 4.69) is 56.7 Å². The lowest BCUT2D eigenvalue weighted by Gasteiger charge is -2.28. The fraction of sp³-hybridized carbons (Fsp3) is 0.890. The molecule has 0 saturated heterocycles. The first-order valence-corrected chi connectivity index (χ1v) is 62.7. The highest BCUT2D eigenvalue weighted by Gasteiger charge is 2.25.